The molecular weight excluding hydrogens is 300 g/mol. The number of nitrogen functional groups attached to an aromatic ring is 1. The summed E-state index contributed by atoms with van der Waals surface area (Å²) in [6.45, 7) is 7.29. The van der Waals surface area contributed by atoms with Crippen molar-refractivity contribution >= 4 is 23.5 Å². The SMILES string of the molecule is CC[C@@H](CCC(C)C)NC(=O)c1cc(C2=CCCN=C2)cnc1N. The number of nitrogens with two attached hydrogens (primary N) is 1. The van der Waals surface area contributed by atoms with Gasteiger partial charge in [-0.3, -0.25) is 9.79 Å². The van der Waals surface area contributed by atoms with Gasteiger partial charge in [-0.15, -0.1) is 0 Å². The summed E-state index contributed by atoms with van der Waals surface area (Å²) in [7, 11) is 0. The van der Waals surface area contributed by atoms with Crippen LogP contribution in [0.5, 0.6) is 0 Å². The first kappa shape index (κ1) is 18.2. The molecule has 1 aromatic heterocycles. The molecule has 0 aliphatic carbocycles. The van der Waals surface area contributed by atoms with Crippen molar-refractivity contribution in [1.29, 1.82) is 0 Å². The van der Waals surface area contributed by atoms with Crippen LogP contribution in [0.2, 0.25) is 0 Å². The minimum absolute atomic E-state index is 0.147. The van der Waals surface area contributed by atoms with Crippen LogP contribution in [0.15, 0.2) is 23.3 Å². The molecule has 24 heavy (non-hydrogen) atoms. The van der Waals surface area contributed by atoms with Crippen LogP contribution in [0.3, 0.4) is 0 Å². The van der Waals surface area contributed by atoms with Gasteiger partial charge < -0.3 is 11.1 Å². The first-order valence-corrected chi connectivity index (χ1v) is 8.78. The highest BCUT2D eigenvalue weighted by atomic mass is 16.1. The number of rotatable bonds is 7. The van der Waals surface area contributed by atoms with Crippen molar-refractivity contribution in [2.75, 3.05) is 12.3 Å². The quantitative estimate of drug-likeness (QED) is 0.804. The van der Waals surface area contributed by atoms with E-state index in [9.17, 15) is 4.79 Å². The van der Waals surface area contributed by atoms with Crippen LogP contribution in [0, 0.1) is 5.92 Å². The molecule has 1 aromatic rings. The van der Waals surface area contributed by atoms with Crippen molar-refractivity contribution < 1.29 is 4.79 Å². The van der Waals surface area contributed by atoms with Crippen LogP contribution in [0.25, 0.3) is 5.57 Å². The average Bonchev–Trinajstić information content (AvgIpc) is 2.59. The van der Waals surface area contributed by atoms with E-state index in [0.29, 0.717) is 11.5 Å². The summed E-state index contributed by atoms with van der Waals surface area (Å²) in [5.74, 6) is 0.748. The molecule has 0 spiro atoms. The van der Waals surface area contributed by atoms with Gasteiger partial charge in [-0.1, -0.05) is 26.8 Å². The molecule has 0 bridgehead atoms. The summed E-state index contributed by atoms with van der Waals surface area (Å²) in [5, 5.41) is 3.10. The largest absolute Gasteiger partial charge is 0.383 e. The Kier molecular flexibility index (Phi) is 6.53. The zero-order valence-corrected chi connectivity index (χ0v) is 14.9. The number of nitrogens with one attached hydrogen (secondary N) is 1. The Morgan fingerprint density at radius 1 is 1.38 bits per heavy atom. The lowest BCUT2D eigenvalue weighted by molar-refractivity contribution is 0.0933. The lowest BCUT2D eigenvalue weighted by atomic mass is 10.0. The van der Waals surface area contributed by atoms with Gasteiger partial charge in [0, 0.05) is 30.6 Å². The zero-order valence-electron chi connectivity index (χ0n) is 14.9. The molecule has 5 nitrogen and oxygen atoms in total. The molecule has 1 aliphatic heterocycles. The minimum Gasteiger partial charge on any atom is -0.383 e. The third-order valence-electron chi connectivity index (χ3n) is 4.27. The fraction of sp³-hybridized carbons (Fsp3) is 0.526. The number of aliphatic imine (C=N–C) groups is 1. The standard InChI is InChI=1S/C19H28N4O/c1-4-16(8-7-13(2)3)23-19(24)17-10-15(12-22-18(17)20)14-6-5-9-21-11-14/h6,10-13,16H,4-5,7-9H2,1-3H3,(H2,20,22)(H,23,24)/t16-/m0/s1. The van der Waals surface area contributed by atoms with E-state index in [2.05, 4.69) is 42.1 Å². The monoisotopic (exact) mass is 328 g/mol. The van der Waals surface area contributed by atoms with Crippen LogP contribution in [-0.4, -0.2) is 29.7 Å². The van der Waals surface area contributed by atoms with Crippen LogP contribution >= 0.6 is 0 Å². The Balaban J connectivity index is 2.13. The number of amides is 1. The Morgan fingerprint density at radius 3 is 2.79 bits per heavy atom. The number of carbonyl (C=O) groups excluding carboxylic acids is 1. The number of aromatic nitrogens is 1. The number of dihydropyridines is 1. The van der Waals surface area contributed by atoms with E-state index in [1.165, 1.54) is 0 Å². The molecule has 2 rings (SSSR count). The number of nitrogens with zero attached hydrogens (tertiary/aromatic N) is 2. The minimum atomic E-state index is -0.147. The Bertz CT molecular complexity index is 634. The van der Waals surface area contributed by atoms with Gasteiger partial charge >= 0.3 is 0 Å². The van der Waals surface area contributed by atoms with E-state index in [4.69, 9.17) is 5.73 Å². The lowest BCUT2D eigenvalue weighted by Crippen LogP contribution is -2.35. The van der Waals surface area contributed by atoms with Crippen molar-refractivity contribution in [3.63, 3.8) is 0 Å². The number of allylic oxidation sites excluding steroid dienone is 1. The third kappa shape index (κ3) is 4.91. The van der Waals surface area contributed by atoms with Crippen LogP contribution in [0.4, 0.5) is 5.82 Å². The van der Waals surface area contributed by atoms with E-state index < -0.39 is 0 Å². The van der Waals surface area contributed by atoms with E-state index in [-0.39, 0.29) is 17.8 Å². The molecule has 0 saturated carbocycles. The van der Waals surface area contributed by atoms with Crippen LogP contribution < -0.4 is 11.1 Å². The summed E-state index contributed by atoms with van der Waals surface area (Å²) < 4.78 is 0. The second kappa shape index (κ2) is 8.62. The van der Waals surface area contributed by atoms with E-state index in [1.807, 2.05) is 12.3 Å². The maximum Gasteiger partial charge on any atom is 0.255 e. The third-order valence-corrected chi connectivity index (χ3v) is 4.27. The molecule has 130 valence electrons. The molecule has 0 radical (unpaired) electrons. The second-order valence-corrected chi connectivity index (χ2v) is 6.69. The summed E-state index contributed by atoms with van der Waals surface area (Å²) in [6.07, 6.45) is 9.52. The molecular formula is C19H28N4O. The van der Waals surface area contributed by atoms with Crippen molar-refractivity contribution in [2.45, 2.75) is 52.5 Å². The highest BCUT2D eigenvalue weighted by Gasteiger charge is 2.17. The number of carbonyl (C=O) groups is 1. The van der Waals surface area contributed by atoms with Crippen molar-refractivity contribution in [3.05, 3.63) is 29.5 Å². The van der Waals surface area contributed by atoms with E-state index >= 15 is 0 Å². The molecule has 1 aliphatic rings. The summed E-state index contributed by atoms with van der Waals surface area (Å²) in [5.41, 5.74) is 8.25. The van der Waals surface area contributed by atoms with Crippen molar-refractivity contribution in [1.82, 2.24) is 10.3 Å². The maximum atomic E-state index is 12.6. The predicted molar refractivity (Wildman–Crippen MR) is 100 cm³/mol. The van der Waals surface area contributed by atoms with Gasteiger partial charge in [0.05, 0.1) is 5.56 Å². The summed E-state index contributed by atoms with van der Waals surface area (Å²) in [4.78, 5) is 21.1. The highest BCUT2D eigenvalue weighted by Crippen LogP contribution is 2.20. The normalized spacial score (nSPS) is 15.2. The van der Waals surface area contributed by atoms with Gasteiger partial charge in [0.2, 0.25) is 0 Å². The van der Waals surface area contributed by atoms with Gasteiger partial charge in [0.15, 0.2) is 0 Å². The van der Waals surface area contributed by atoms with Crippen LogP contribution in [0.1, 0.15) is 62.4 Å². The van der Waals surface area contributed by atoms with Gasteiger partial charge in [0.25, 0.3) is 5.91 Å². The number of hydrogen-bond acceptors (Lipinski definition) is 4. The van der Waals surface area contributed by atoms with Crippen molar-refractivity contribution in [3.8, 4) is 0 Å². The molecule has 0 fully saturated rings. The van der Waals surface area contributed by atoms with E-state index in [1.54, 1.807) is 6.20 Å². The Morgan fingerprint density at radius 2 is 2.17 bits per heavy atom. The highest BCUT2D eigenvalue weighted by molar-refractivity contribution is 6.11. The van der Waals surface area contributed by atoms with Crippen LogP contribution in [-0.2, 0) is 0 Å². The Hall–Kier alpha value is -2.17. The molecule has 0 saturated heterocycles. The number of pyridine rings is 1. The molecule has 0 aromatic carbocycles. The lowest BCUT2D eigenvalue weighted by Gasteiger charge is -2.19. The summed E-state index contributed by atoms with van der Waals surface area (Å²) in [6, 6.07) is 1.98. The number of hydrogen-bond donors (Lipinski definition) is 2. The van der Waals surface area contributed by atoms with Gasteiger partial charge in [0.1, 0.15) is 5.82 Å². The number of anilines is 1. The fourth-order valence-corrected chi connectivity index (χ4v) is 2.69. The smallest absolute Gasteiger partial charge is 0.255 e. The van der Waals surface area contributed by atoms with Gasteiger partial charge in [-0.25, -0.2) is 4.98 Å². The molecule has 1 amide bonds. The second-order valence-electron chi connectivity index (χ2n) is 6.69. The molecule has 0 unspecified atom stereocenters. The zero-order chi connectivity index (χ0) is 17.5. The molecule has 1 atom stereocenters. The fourth-order valence-electron chi connectivity index (χ4n) is 2.69. The van der Waals surface area contributed by atoms with Crippen molar-refractivity contribution in [2.24, 2.45) is 10.9 Å². The van der Waals surface area contributed by atoms with Gasteiger partial charge in [-0.05, 0) is 43.2 Å². The van der Waals surface area contributed by atoms with Gasteiger partial charge in [-0.2, -0.15) is 0 Å². The maximum absolute atomic E-state index is 12.6. The predicted octanol–water partition coefficient (Wildman–Crippen LogP) is 3.47. The Labute approximate surface area is 144 Å². The average molecular weight is 328 g/mol. The molecule has 5 heteroatoms. The molecule has 2 heterocycles. The molecule has 3 N–H and O–H groups in total. The van der Waals surface area contributed by atoms with E-state index in [0.717, 1.165) is 43.4 Å². The topological polar surface area (TPSA) is 80.4 Å². The first-order chi connectivity index (χ1) is 11.5. The first-order valence-electron chi connectivity index (χ1n) is 8.78. The summed E-state index contributed by atoms with van der Waals surface area (Å²) >= 11 is 0.